The number of aromatic nitrogens is 1. The number of aryl methyl sites for hydroxylation is 1. The van der Waals surface area contributed by atoms with Crippen LogP contribution in [0.1, 0.15) is 17.0 Å². The highest BCUT2D eigenvalue weighted by molar-refractivity contribution is 5.78. The van der Waals surface area contributed by atoms with Gasteiger partial charge in [-0.3, -0.25) is 4.79 Å². The number of hydrogen-bond acceptors (Lipinski definition) is 4. The molecule has 0 saturated heterocycles. The van der Waals surface area contributed by atoms with Gasteiger partial charge >= 0.3 is 0 Å². The highest BCUT2D eigenvalue weighted by atomic mass is 16.5. The highest BCUT2D eigenvalue weighted by Gasteiger charge is 2.17. The molecule has 2 heterocycles. The summed E-state index contributed by atoms with van der Waals surface area (Å²) in [6.07, 6.45) is 1.36. The van der Waals surface area contributed by atoms with Crippen LogP contribution in [0.4, 0.5) is 5.69 Å². The zero-order valence-electron chi connectivity index (χ0n) is 12.1. The molecule has 1 amide bonds. The molecule has 5 nitrogen and oxygen atoms in total. The fraction of sp³-hybridized carbons (Fsp3) is 0.375. The molecule has 0 aliphatic carbocycles. The molecule has 1 aliphatic rings. The van der Waals surface area contributed by atoms with Crippen molar-refractivity contribution in [2.75, 3.05) is 24.5 Å². The molecule has 3 rings (SSSR count). The zero-order valence-corrected chi connectivity index (χ0v) is 12.1. The Morgan fingerprint density at radius 3 is 3.10 bits per heavy atom. The van der Waals surface area contributed by atoms with Gasteiger partial charge in [-0.2, -0.15) is 0 Å². The molecule has 2 aromatic rings. The summed E-state index contributed by atoms with van der Waals surface area (Å²) in [4.78, 5) is 14.1. The Bertz CT molecular complexity index is 636. The van der Waals surface area contributed by atoms with Crippen molar-refractivity contribution in [3.8, 4) is 0 Å². The van der Waals surface area contributed by atoms with Crippen molar-refractivity contribution >= 4 is 11.6 Å². The molecule has 0 radical (unpaired) electrons. The standard InChI is InChI=1S/C16H19N3O2/c1-12-10-14(18-21-12)11-16(20)17-7-9-19-8-6-13-4-2-3-5-15(13)19/h2-5,10H,6-9,11H2,1H3,(H,17,20). The Hall–Kier alpha value is -2.30. The first-order valence-corrected chi connectivity index (χ1v) is 7.24. The van der Waals surface area contributed by atoms with E-state index in [1.165, 1.54) is 11.3 Å². The highest BCUT2D eigenvalue weighted by Crippen LogP contribution is 2.26. The summed E-state index contributed by atoms with van der Waals surface area (Å²) in [5, 5.41) is 6.76. The lowest BCUT2D eigenvalue weighted by atomic mass is 10.2. The fourth-order valence-corrected chi connectivity index (χ4v) is 2.70. The number of nitrogens with zero attached hydrogens (tertiary/aromatic N) is 2. The Balaban J connectivity index is 1.45. The number of fused-ring (bicyclic) bond motifs is 1. The van der Waals surface area contributed by atoms with Gasteiger partial charge in [-0.1, -0.05) is 23.4 Å². The molecule has 110 valence electrons. The summed E-state index contributed by atoms with van der Waals surface area (Å²) in [5.41, 5.74) is 3.36. The monoisotopic (exact) mass is 285 g/mol. The summed E-state index contributed by atoms with van der Waals surface area (Å²) >= 11 is 0. The van der Waals surface area contributed by atoms with Crippen LogP contribution in [0.25, 0.3) is 0 Å². The van der Waals surface area contributed by atoms with Crippen molar-refractivity contribution in [1.82, 2.24) is 10.5 Å². The average molecular weight is 285 g/mol. The van der Waals surface area contributed by atoms with Crippen LogP contribution < -0.4 is 10.2 Å². The zero-order chi connectivity index (χ0) is 14.7. The molecule has 0 atom stereocenters. The first-order chi connectivity index (χ1) is 10.2. The Morgan fingerprint density at radius 1 is 1.43 bits per heavy atom. The molecule has 5 heteroatoms. The lowest BCUT2D eigenvalue weighted by Crippen LogP contribution is -2.34. The number of benzene rings is 1. The van der Waals surface area contributed by atoms with Crippen molar-refractivity contribution in [2.45, 2.75) is 19.8 Å². The maximum absolute atomic E-state index is 11.8. The van der Waals surface area contributed by atoms with Crippen LogP contribution in [0.15, 0.2) is 34.9 Å². The Labute approximate surface area is 123 Å². The second-order valence-corrected chi connectivity index (χ2v) is 5.32. The van der Waals surface area contributed by atoms with Gasteiger partial charge in [0.2, 0.25) is 5.91 Å². The van der Waals surface area contributed by atoms with E-state index in [1.54, 1.807) is 6.07 Å². The molecule has 0 saturated carbocycles. The maximum Gasteiger partial charge on any atom is 0.226 e. The van der Waals surface area contributed by atoms with Crippen LogP contribution >= 0.6 is 0 Å². The van der Waals surface area contributed by atoms with Crippen LogP contribution in [0.5, 0.6) is 0 Å². The molecule has 0 unspecified atom stereocenters. The van der Waals surface area contributed by atoms with Gasteiger partial charge in [0.05, 0.1) is 12.1 Å². The smallest absolute Gasteiger partial charge is 0.226 e. The molecule has 0 spiro atoms. The first kappa shape index (κ1) is 13.7. The molecule has 1 aromatic carbocycles. The number of hydrogen-bond donors (Lipinski definition) is 1. The number of carbonyl (C=O) groups excluding carboxylic acids is 1. The third-order valence-corrected chi connectivity index (χ3v) is 3.71. The molecule has 21 heavy (non-hydrogen) atoms. The van der Waals surface area contributed by atoms with Gasteiger partial charge in [-0.15, -0.1) is 0 Å². The van der Waals surface area contributed by atoms with Crippen molar-refractivity contribution < 1.29 is 9.32 Å². The van der Waals surface area contributed by atoms with Crippen LogP contribution in [-0.2, 0) is 17.6 Å². The van der Waals surface area contributed by atoms with Gasteiger partial charge in [0.1, 0.15) is 5.76 Å². The summed E-state index contributed by atoms with van der Waals surface area (Å²) in [5.74, 6) is 0.710. The Kier molecular flexibility index (Phi) is 3.90. The van der Waals surface area contributed by atoms with E-state index in [0.717, 1.165) is 25.3 Å². The number of amides is 1. The van der Waals surface area contributed by atoms with Gasteiger partial charge in [0.15, 0.2) is 0 Å². The van der Waals surface area contributed by atoms with Gasteiger partial charge in [-0.05, 0) is 25.0 Å². The molecule has 1 N–H and O–H groups in total. The topological polar surface area (TPSA) is 58.4 Å². The lowest BCUT2D eigenvalue weighted by molar-refractivity contribution is -0.120. The third-order valence-electron chi connectivity index (χ3n) is 3.71. The largest absolute Gasteiger partial charge is 0.369 e. The van der Waals surface area contributed by atoms with Crippen molar-refractivity contribution in [3.05, 3.63) is 47.3 Å². The number of nitrogens with one attached hydrogen (secondary N) is 1. The minimum Gasteiger partial charge on any atom is -0.369 e. The van der Waals surface area contributed by atoms with Crippen LogP contribution in [0, 0.1) is 6.92 Å². The molecule has 0 fully saturated rings. The summed E-state index contributed by atoms with van der Waals surface area (Å²) in [6.45, 7) is 4.32. The van der Waals surface area contributed by atoms with E-state index < -0.39 is 0 Å². The van der Waals surface area contributed by atoms with Crippen molar-refractivity contribution in [1.29, 1.82) is 0 Å². The summed E-state index contributed by atoms with van der Waals surface area (Å²) in [7, 11) is 0. The second-order valence-electron chi connectivity index (χ2n) is 5.32. The van der Waals surface area contributed by atoms with E-state index in [0.29, 0.717) is 12.2 Å². The number of carbonyl (C=O) groups is 1. The maximum atomic E-state index is 11.8. The van der Waals surface area contributed by atoms with E-state index >= 15 is 0 Å². The molecular weight excluding hydrogens is 266 g/mol. The fourth-order valence-electron chi connectivity index (χ4n) is 2.70. The first-order valence-electron chi connectivity index (χ1n) is 7.24. The van der Waals surface area contributed by atoms with E-state index in [1.807, 2.05) is 6.92 Å². The normalized spacial score (nSPS) is 13.3. The minimum atomic E-state index is -0.0178. The SMILES string of the molecule is Cc1cc(CC(=O)NCCN2CCc3ccccc32)no1. The van der Waals surface area contributed by atoms with Crippen LogP contribution in [0.2, 0.25) is 0 Å². The number of rotatable bonds is 5. The average Bonchev–Trinajstić information content (AvgIpc) is 3.06. The van der Waals surface area contributed by atoms with E-state index in [-0.39, 0.29) is 12.3 Å². The van der Waals surface area contributed by atoms with E-state index in [4.69, 9.17) is 4.52 Å². The minimum absolute atomic E-state index is 0.0178. The quantitative estimate of drug-likeness (QED) is 0.908. The van der Waals surface area contributed by atoms with Gasteiger partial charge in [0.25, 0.3) is 0 Å². The molecular formula is C16H19N3O2. The summed E-state index contributed by atoms with van der Waals surface area (Å²) in [6, 6.07) is 10.2. The predicted molar refractivity (Wildman–Crippen MR) is 80.3 cm³/mol. The van der Waals surface area contributed by atoms with Crippen LogP contribution in [-0.4, -0.2) is 30.7 Å². The van der Waals surface area contributed by atoms with Crippen molar-refractivity contribution in [2.24, 2.45) is 0 Å². The predicted octanol–water partition coefficient (Wildman–Crippen LogP) is 1.70. The van der Waals surface area contributed by atoms with Crippen molar-refractivity contribution in [3.63, 3.8) is 0 Å². The second kappa shape index (κ2) is 5.99. The number of para-hydroxylation sites is 1. The van der Waals surface area contributed by atoms with Crippen LogP contribution in [0.3, 0.4) is 0 Å². The van der Waals surface area contributed by atoms with Gasteiger partial charge in [0, 0.05) is 31.4 Å². The Morgan fingerprint density at radius 2 is 2.29 bits per heavy atom. The lowest BCUT2D eigenvalue weighted by Gasteiger charge is -2.19. The molecule has 1 aliphatic heterocycles. The number of anilines is 1. The summed E-state index contributed by atoms with van der Waals surface area (Å²) < 4.78 is 4.95. The molecule has 0 bridgehead atoms. The van der Waals surface area contributed by atoms with E-state index in [9.17, 15) is 4.79 Å². The molecule has 1 aromatic heterocycles. The van der Waals surface area contributed by atoms with Gasteiger partial charge < -0.3 is 14.7 Å². The van der Waals surface area contributed by atoms with E-state index in [2.05, 4.69) is 39.6 Å². The third kappa shape index (κ3) is 3.24. The van der Waals surface area contributed by atoms with Gasteiger partial charge in [-0.25, -0.2) is 0 Å².